The molecule has 0 N–H and O–H groups in total. The van der Waals surface area contributed by atoms with Crippen LogP contribution in [0.5, 0.6) is 0 Å². The van der Waals surface area contributed by atoms with Crippen molar-refractivity contribution in [1.29, 1.82) is 0 Å². The highest BCUT2D eigenvalue weighted by Crippen LogP contribution is 2.31. The van der Waals surface area contributed by atoms with Gasteiger partial charge in [-0.25, -0.2) is 18.3 Å². The molecule has 3 heterocycles. The molecule has 3 aromatic rings. The van der Waals surface area contributed by atoms with E-state index in [1.807, 2.05) is 25.3 Å². The summed E-state index contributed by atoms with van der Waals surface area (Å²) >= 11 is 0. The van der Waals surface area contributed by atoms with Crippen LogP contribution in [0, 0.1) is 18.6 Å². The molecule has 26 heavy (non-hydrogen) atoms. The molecule has 4 rings (SSSR count). The molecule has 1 atom stereocenters. The van der Waals surface area contributed by atoms with Gasteiger partial charge in [0.15, 0.2) is 5.65 Å². The lowest BCUT2D eigenvalue weighted by atomic mass is 9.97. The van der Waals surface area contributed by atoms with Crippen molar-refractivity contribution in [3.8, 4) is 0 Å². The molecule has 2 aromatic heterocycles. The second-order valence-electron chi connectivity index (χ2n) is 6.58. The monoisotopic (exact) mass is 356 g/mol. The minimum atomic E-state index is -0.839. The predicted octanol–water partition coefficient (Wildman–Crippen LogP) is 3.68. The second kappa shape index (κ2) is 6.48. The number of aryl methyl sites for hydroxylation is 1. The number of likely N-dealkylation sites (tertiary alicyclic amines) is 1. The summed E-state index contributed by atoms with van der Waals surface area (Å²) in [4.78, 5) is 19.2. The second-order valence-corrected chi connectivity index (χ2v) is 6.58. The number of carbonyl (C=O) groups excluding carboxylic acids is 1. The average Bonchev–Trinajstić information content (AvgIpc) is 3.00. The van der Waals surface area contributed by atoms with Gasteiger partial charge in [-0.1, -0.05) is 0 Å². The van der Waals surface area contributed by atoms with Crippen LogP contribution in [0.2, 0.25) is 0 Å². The Hall–Kier alpha value is -2.83. The maximum absolute atomic E-state index is 14.1. The molecule has 1 fully saturated rings. The number of amides is 1. The van der Waals surface area contributed by atoms with Crippen LogP contribution in [0.15, 0.2) is 36.5 Å². The minimum Gasteiger partial charge on any atom is -0.330 e. The number of hydrogen-bond acceptors (Lipinski definition) is 3. The summed E-state index contributed by atoms with van der Waals surface area (Å²) in [5.41, 5.74) is 2.22. The van der Waals surface area contributed by atoms with Crippen molar-refractivity contribution >= 4 is 11.6 Å². The van der Waals surface area contributed by atoms with E-state index in [4.69, 9.17) is 0 Å². The Labute approximate surface area is 149 Å². The van der Waals surface area contributed by atoms with E-state index in [1.165, 1.54) is 6.07 Å². The van der Waals surface area contributed by atoms with Crippen LogP contribution in [-0.4, -0.2) is 31.9 Å². The van der Waals surface area contributed by atoms with Crippen molar-refractivity contribution in [3.63, 3.8) is 0 Å². The van der Waals surface area contributed by atoms with E-state index in [0.717, 1.165) is 42.8 Å². The summed E-state index contributed by atoms with van der Waals surface area (Å²) in [7, 11) is 0. The molecular weight excluding hydrogens is 338 g/mol. The zero-order valence-corrected chi connectivity index (χ0v) is 14.3. The van der Waals surface area contributed by atoms with Crippen LogP contribution < -0.4 is 0 Å². The highest BCUT2D eigenvalue weighted by Gasteiger charge is 2.31. The number of halogens is 2. The summed E-state index contributed by atoms with van der Waals surface area (Å²) in [6.45, 7) is 2.41. The van der Waals surface area contributed by atoms with E-state index >= 15 is 0 Å². The molecule has 7 heteroatoms. The van der Waals surface area contributed by atoms with Crippen LogP contribution in [-0.2, 0) is 0 Å². The Kier molecular flexibility index (Phi) is 4.14. The summed E-state index contributed by atoms with van der Waals surface area (Å²) < 4.78 is 28.9. The van der Waals surface area contributed by atoms with Crippen LogP contribution in [0.4, 0.5) is 8.78 Å². The number of nitrogens with zero attached hydrogens (tertiary/aromatic N) is 4. The summed E-state index contributed by atoms with van der Waals surface area (Å²) in [6, 6.07) is 6.53. The molecule has 1 aromatic carbocycles. The number of hydrogen-bond donors (Lipinski definition) is 0. The van der Waals surface area contributed by atoms with Gasteiger partial charge in [0.2, 0.25) is 0 Å². The highest BCUT2D eigenvalue weighted by molar-refractivity contribution is 5.94. The predicted molar refractivity (Wildman–Crippen MR) is 91.7 cm³/mol. The third kappa shape index (κ3) is 2.94. The Morgan fingerprint density at radius 1 is 1.19 bits per heavy atom. The van der Waals surface area contributed by atoms with Gasteiger partial charge in [0.05, 0.1) is 23.0 Å². The molecule has 1 aliphatic heterocycles. The summed E-state index contributed by atoms with van der Waals surface area (Å²) in [5, 5.41) is 4.31. The lowest BCUT2D eigenvalue weighted by molar-refractivity contribution is 0.0601. The van der Waals surface area contributed by atoms with Crippen LogP contribution in [0.3, 0.4) is 0 Å². The minimum absolute atomic E-state index is 0.112. The maximum atomic E-state index is 14.1. The first-order chi connectivity index (χ1) is 12.5. The SMILES string of the molecule is Cc1cc2nc([C@@H]3CCCCN3C(=O)c3ccc(F)cc3F)ccn2n1. The van der Waals surface area contributed by atoms with Gasteiger partial charge < -0.3 is 4.90 Å². The number of rotatable bonds is 2. The van der Waals surface area contributed by atoms with Gasteiger partial charge in [-0.05, 0) is 44.4 Å². The summed E-state index contributed by atoms with van der Waals surface area (Å²) in [5.74, 6) is -1.97. The Morgan fingerprint density at radius 3 is 2.85 bits per heavy atom. The Morgan fingerprint density at radius 2 is 2.04 bits per heavy atom. The normalized spacial score (nSPS) is 17.7. The van der Waals surface area contributed by atoms with Gasteiger partial charge in [0.25, 0.3) is 5.91 Å². The molecule has 0 aliphatic carbocycles. The molecule has 5 nitrogen and oxygen atoms in total. The first kappa shape index (κ1) is 16.6. The molecule has 0 spiro atoms. The maximum Gasteiger partial charge on any atom is 0.257 e. The smallest absolute Gasteiger partial charge is 0.257 e. The van der Waals surface area contributed by atoms with Crippen molar-refractivity contribution in [2.75, 3.05) is 6.54 Å². The lowest BCUT2D eigenvalue weighted by Gasteiger charge is -2.35. The molecule has 0 radical (unpaired) electrons. The fourth-order valence-electron chi connectivity index (χ4n) is 3.50. The van der Waals surface area contributed by atoms with Crippen LogP contribution >= 0.6 is 0 Å². The molecule has 134 valence electrons. The van der Waals surface area contributed by atoms with Gasteiger partial charge in [0.1, 0.15) is 11.6 Å². The van der Waals surface area contributed by atoms with E-state index in [9.17, 15) is 13.6 Å². The van der Waals surface area contributed by atoms with Crippen molar-refractivity contribution in [2.24, 2.45) is 0 Å². The molecule has 1 aliphatic rings. The van der Waals surface area contributed by atoms with Crippen LogP contribution in [0.1, 0.15) is 47.1 Å². The van der Waals surface area contributed by atoms with Gasteiger partial charge in [-0.2, -0.15) is 5.10 Å². The molecule has 0 bridgehead atoms. The quantitative estimate of drug-likeness (QED) is 0.704. The summed E-state index contributed by atoms with van der Waals surface area (Å²) in [6.07, 6.45) is 4.38. The fraction of sp³-hybridized carbons (Fsp3) is 0.316. The molecule has 0 unspecified atom stereocenters. The molecular formula is C19H18F2N4O. The first-order valence-electron chi connectivity index (χ1n) is 8.62. The molecule has 0 saturated carbocycles. The number of carbonyl (C=O) groups is 1. The van der Waals surface area contributed by atoms with Gasteiger partial charge in [0, 0.05) is 24.9 Å². The standard InChI is InChI=1S/C19H18F2N4O/c1-12-10-18-22-16(7-9-25(18)23-12)17-4-2-3-8-24(17)19(26)14-6-5-13(20)11-15(14)21/h5-7,9-11,17H,2-4,8H2,1H3/t17-/m0/s1. The number of fused-ring (bicyclic) bond motifs is 1. The topological polar surface area (TPSA) is 50.5 Å². The number of aromatic nitrogens is 3. The fourth-order valence-corrected chi connectivity index (χ4v) is 3.50. The van der Waals surface area contributed by atoms with E-state index in [2.05, 4.69) is 10.1 Å². The third-order valence-corrected chi connectivity index (χ3v) is 4.73. The van der Waals surface area contributed by atoms with Gasteiger partial charge in [-0.15, -0.1) is 0 Å². The number of piperidine rings is 1. The van der Waals surface area contributed by atoms with Gasteiger partial charge in [-0.3, -0.25) is 4.79 Å². The van der Waals surface area contributed by atoms with Gasteiger partial charge >= 0.3 is 0 Å². The average molecular weight is 356 g/mol. The Balaban J connectivity index is 1.70. The van der Waals surface area contributed by atoms with E-state index in [0.29, 0.717) is 12.2 Å². The van der Waals surface area contributed by atoms with Crippen LogP contribution in [0.25, 0.3) is 5.65 Å². The Bertz CT molecular complexity index is 985. The van der Waals surface area contributed by atoms with Crippen molar-refractivity contribution in [1.82, 2.24) is 19.5 Å². The highest BCUT2D eigenvalue weighted by atomic mass is 19.1. The zero-order valence-electron chi connectivity index (χ0n) is 14.3. The van der Waals surface area contributed by atoms with Crippen molar-refractivity contribution in [2.45, 2.75) is 32.2 Å². The molecule has 1 saturated heterocycles. The third-order valence-electron chi connectivity index (χ3n) is 4.73. The lowest BCUT2D eigenvalue weighted by Crippen LogP contribution is -2.39. The zero-order chi connectivity index (χ0) is 18.3. The molecule has 1 amide bonds. The number of benzene rings is 1. The van der Waals surface area contributed by atoms with E-state index in [1.54, 1.807) is 9.42 Å². The largest absolute Gasteiger partial charge is 0.330 e. The van der Waals surface area contributed by atoms with Crippen molar-refractivity contribution in [3.05, 3.63) is 65.1 Å². The first-order valence-corrected chi connectivity index (χ1v) is 8.62. The van der Waals surface area contributed by atoms with Crippen molar-refractivity contribution < 1.29 is 13.6 Å². The van der Waals surface area contributed by atoms with E-state index in [-0.39, 0.29) is 11.6 Å². The van der Waals surface area contributed by atoms with E-state index < -0.39 is 17.5 Å².